The summed E-state index contributed by atoms with van der Waals surface area (Å²) in [6, 6.07) is 14.9. The van der Waals surface area contributed by atoms with Crippen LogP contribution < -0.4 is 10.1 Å². The lowest BCUT2D eigenvalue weighted by molar-refractivity contribution is -0.115. The Morgan fingerprint density at radius 2 is 1.97 bits per heavy atom. The van der Waals surface area contributed by atoms with Crippen molar-refractivity contribution < 1.29 is 18.7 Å². The minimum atomic E-state index is -0.230. The lowest BCUT2D eigenvalue weighted by Crippen LogP contribution is -2.13. The van der Waals surface area contributed by atoms with Crippen LogP contribution in [0.2, 0.25) is 0 Å². The maximum absolute atomic E-state index is 12.6. The van der Waals surface area contributed by atoms with Gasteiger partial charge in [-0.1, -0.05) is 41.7 Å². The average Bonchev–Trinajstić information content (AvgIpc) is 3.32. The molecule has 0 bridgehead atoms. The highest BCUT2D eigenvalue weighted by Gasteiger charge is 2.18. The van der Waals surface area contributed by atoms with Gasteiger partial charge in [0.15, 0.2) is 10.9 Å². The number of anilines is 1. The van der Waals surface area contributed by atoms with Crippen LogP contribution in [0.15, 0.2) is 59.2 Å². The van der Waals surface area contributed by atoms with Gasteiger partial charge in [0.1, 0.15) is 11.3 Å². The van der Waals surface area contributed by atoms with E-state index in [-0.39, 0.29) is 18.1 Å². The zero-order valence-electron chi connectivity index (χ0n) is 15.9. The molecule has 0 fully saturated rings. The van der Waals surface area contributed by atoms with Gasteiger partial charge in [0.05, 0.1) is 30.4 Å². The summed E-state index contributed by atoms with van der Waals surface area (Å²) in [6.45, 7) is 1.50. The third-order valence-electron chi connectivity index (χ3n) is 4.45. The van der Waals surface area contributed by atoms with E-state index in [0.717, 1.165) is 16.5 Å². The summed E-state index contributed by atoms with van der Waals surface area (Å²) in [4.78, 5) is 29.6. The molecule has 0 atom stereocenters. The molecule has 0 aliphatic rings. The number of thiazole rings is 1. The fourth-order valence-electron chi connectivity index (χ4n) is 3.07. The number of ether oxygens (including phenoxy) is 1. The molecule has 0 saturated carbocycles. The zero-order valence-corrected chi connectivity index (χ0v) is 16.7. The molecule has 6 nitrogen and oxygen atoms in total. The van der Waals surface area contributed by atoms with Gasteiger partial charge in [-0.3, -0.25) is 9.59 Å². The Bertz CT molecular complexity index is 1190. The van der Waals surface area contributed by atoms with Crippen LogP contribution in [-0.4, -0.2) is 23.8 Å². The lowest BCUT2D eigenvalue weighted by Gasteiger charge is -2.01. The number of fused-ring (bicyclic) bond motifs is 1. The van der Waals surface area contributed by atoms with Crippen LogP contribution >= 0.6 is 11.3 Å². The molecule has 2 heterocycles. The van der Waals surface area contributed by atoms with E-state index in [1.165, 1.54) is 18.3 Å². The van der Waals surface area contributed by atoms with Gasteiger partial charge in [-0.2, -0.15) is 0 Å². The standard InChI is InChI=1S/C22H18N2O4S/c1-13(25)21-20(14-6-4-3-5-7-14)24-22(29-21)23-19(26)10-15-12-28-18-11-16(27-2)8-9-17(15)18/h3-9,11-12H,10H2,1-2H3,(H,23,24,26). The topological polar surface area (TPSA) is 81.4 Å². The molecule has 0 aliphatic heterocycles. The van der Waals surface area contributed by atoms with E-state index in [2.05, 4.69) is 10.3 Å². The molecule has 0 saturated heterocycles. The monoisotopic (exact) mass is 406 g/mol. The second-order valence-corrected chi connectivity index (χ2v) is 7.47. The van der Waals surface area contributed by atoms with Gasteiger partial charge >= 0.3 is 0 Å². The maximum atomic E-state index is 12.6. The van der Waals surface area contributed by atoms with Crippen LogP contribution in [0.3, 0.4) is 0 Å². The first kappa shape index (κ1) is 18.9. The fraction of sp³-hybridized carbons (Fsp3) is 0.136. The number of rotatable bonds is 6. The number of amides is 1. The number of carbonyl (C=O) groups is 2. The molecular formula is C22H18N2O4S. The van der Waals surface area contributed by atoms with Crippen molar-refractivity contribution in [3.05, 3.63) is 65.2 Å². The van der Waals surface area contributed by atoms with Crippen molar-refractivity contribution >= 4 is 39.1 Å². The molecule has 2 aromatic carbocycles. The van der Waals surface area contributed by atoms with Crippen molar-refractivity contribution in [3.8, 4) is 17.0 Å². The highest BCUT2D eigenvalue weighted by molar-refractivity contribution is 7.18. The van der Waals surface area contributed by atoms with Crippen molar-refractivity contribution in [2.24, 2.45) is 0 Å². The predicted molar refractivity (Wildman–Crippen MR) is 113 cm³/mol. The van der Waals surface area contributed by atoms with Crippen molar-refractivity contribution in [1.29, 1.82) is 0 Å². The summed E-state index contributed by atoms with van der Waals surface area (Å²) in [5.74, 6) is 0.374. The SMILES string of the molecule is COc1ccc2c(CC(=O)Nc3nc(-c4ccccc4)c(C(C)=O)s3)coc2c1. The average molecular weight is 406 g/mol. The number of nitrogens with zero attached hydrogens (tertiary/aromatic N) is 1. The highest BCUT2D eigenvalue weighted by Crippen LogP contribution is 2.32. The quantitative estimate of drug-likeness (QED) is 0.458. The number of carbonyl (C=O) groups excluding carboxylic acids is 2. The van der Waals surface area contributed by atoms with Crippen LogP contribution in [0.4, 0.5) is 5.13 Å². The number of hydrogen-bond acceptors (Lipinski definition) is 6. The molecule has 0 aliphatic carbocycles. The van der Waals surface area contributed by atoms with Crippen LogP contribution in [0.5, 0.6) is 5.75 Å². The van der Waals surface area contributed by atoms with E-state index in [4.69, 9.17) is 9.15 Å². The number of methoxy groups -OCH3 is 1. The Morgan fingerprint density at radius 3 is 2.69 bits per heavy atom. The smallest absolute Gasteiger partial charge is 0.230 e. The van der Waals surface area contributed by atoms with E-state index >= 15 is 0 Å². The molecule has 7 heteroatoms. The highest BCUT2D eigenvalue weighted by atomic mass is 32.1. The molecule has 0 unspecified atom stereocenters. The summed E-state index contributed by atoms with van der Waals surface area (Å²) in [5, 5.41) is 4.06. The van der Waals surface area contributed by atoms with Crippen LogP contribution in [0.1, 0.15) is 22.2 Å². The molecule has 29 heavy (non-hydrogen) atoms. The van der Waals surface area contributed by atoms with Gasteiger partial charge < -0.3 is 14.5 Å². The number of furan rings is 1. The van der Waals surface area contributed by atoms with E-state index in [1.54, 1.807) is 19.4 Å². The van der Waals surface area contributed by atoms with Gasteiger partial charge in [0, 0.05) is 29.5 Å². The first-order valence-corrected chi connectivity index (χ1v) is 9.78. The molecule has 0 spiro atoms. The van der Waals surface area contributed by atoms with Gasteiger partial charge in [-0.25, -0.2) is 4.98 Å². The minimum absolute atomic E-state index is 0.0865. The number of ketones is 1. The van der Waals surface area contributed by atoms with Gasteiger partial charge in [-0.05, 0) is 12.1 Å². The number of nitrogens with one attached hydrogen (secondary N) is 1. The van der Waals surface area contributed by atoms with E-state index in [1.807, 2.05) is 42.5 Å². The Balaban J connectivity index is 1.55. The molecule has 1 N–H and O–H groups in total. The van der Waals surface area contributed by atoms with Crippen molar-refractivity contribution in [2.75, 3.05) is 12.4 Å². The largest absolute Gasteiger partial charge is 0.497 e. The molecule has 1 amide bonds. The number of benzene rings is 2. The van der Waals surface area contributed by atoms with Crippen molar-refractivity contribution in [2.45, 2.75) is 13.3 Å². The minimum Gasteiger partial charge on any atom is -0.497 e. The van der Waals surface area contributed by atoms with Crippen LogP contribution in [-0.2, 0) is 11.2 Å². The Hall–Kier alpha value is -3.45. The summed E-state index contributed by atoms with van der Waals surface area (Å²) in [5.41, 5.74) is 2.85. The fourth-order valence-corrected chi connectivity index (χ4v) is 3.97. The third-order valence-corrected chi connectivity index (χ3v) is 5.53. The van der Waals surface area contributed by atoms with Crippen molar-refractivity contribution in [1.82, 2.24) is 4.98 Å². The number of hydrogen-bond donors (Lipinski definition) is 1. The summed E-state index contributed by atoms with van der Waals surface area (Å²) in [6.07, 6.45) is 1.71. The van der Waals surface area contributed by atoms with Gasteiger partial charge in [-0.15, -0.1) is 0 Å². The molecule has 146 valence electrons. The Labute approximate surface area is 171 Å². The van der Waals surface area contributed by atoms with Crippen LogP contribution in [0, 0.1) is 0 Å². The first-order valence-electron chi connectivity index (χ1n) is 8.96. The van der Waals surface area contributed by atoms with Gasteiger partial charge in [0.25, 0.3) is 0 Å². The summed E-state index contributed by atoms with van der Waals surface area (Å²) >= 11 is 1.18. The Kier molecular flexibility index (Phi) is 5.14. The number of Topliss-reactive ketones (excluding diaryl/α,β-unsaturated/α-hetero) is 1. The second-order valence-electron chi connectivity index (χ2n) is 6.47. The van der Waals surface area contributed by atoms with Crippen LogP contribution in [0.25, 0.3) is 22.2 Å². The molecule has 2 aromatic heterocycles. The summed E-state index contributed by atoms with van der Waals surface area (Å²) in [7, 11) is 1.59. The lowest BCUT2D eigenvalue weighted by atomic mass is 10.1. The maximum Gasteiger partial charge on any atom is 0.230 e. The Morgan fingerprint density at radius 1 is 1.17 bits per heavy atom. The van der Waals surface area contributed by atoms with E-state index in [0.29, 0.717) is 27.0 Å². The molecule has 4 aromatic rings. The first-order chi connectivity index (χ1) is 14.0. The van der Waals surface area contributed by atoms with Gasteiger partial charge in [0.2, 0.25) is 5.91 Å². The molecule has 4 rings (SSSR count). The normalized spacial score (nSPS) is 10.8. The predicted octanol–water partition coefficient (Wildman–Crippen LogP) is 4.95. The second kappa shape index (κ2) is 7.89. The van der Waals surface area contributed by atoms with Crippen molar-refractivity contribution in [3.63, 3.8) is 0 Å². The summed E-state index contributed by atoms with van der Waals surface area (Å²) < 4.78 is 10.7. The van der Waals surface area contributed by atoms with E-state index in [9.17, 15) is 9.59 Å². The zero-order chi connectivity index (χ0) is 20.4. The number of aromatic nitrogens is 1. The molecule has 0 radical (unpaired) electrons. The third kappa shape index (κ3) is 3.90. The van der Waals surface area contributed by atoms with E-state index < -0.39 is 0 Å². The molecular weight excluding hydrogens is 388 g/mol.